The minimum Gasteiger partial charge on any atom is -0.495 e. The Kier molecular flexibility index (Phi) is 9.43. The summed E-state index contributed by atoms with van der Waals surface area (Å²) in [5.41, 5.74) is 1.85. The van der Waals surface area contributed by atoms with E-state index < -0.39 is 23.6 Å². The molecule has 3 amide bonds. The highest BCUT2D eigenvalue weighted by Gasteiger charge is 2.36. The van der Waals surface area contributed by atoms with Gasteiger partial charge in [-0.15, -0.1) is 0 Å². The standard InChI is InChI=1S/C26H18Br2Cl2N2O5S/c1-36-21-5-3-2-4-20(21)31-23(33)12-32-25(34)22(38-26(32)35)10-14-8-17(27)24(18(28)9-14)37-13-15-6-7-16(29)11-19(15)30/h2-11H,12-13H2,1H3,(H,31,33)/b22-10+. The zero-order valence-electron chi connectivity index (χ0n) is 19.6. The number of hydrogen-bond acceptors (Lipinski definition) is 6. The Labute approximate surface area is 249 Å². The SMILES string of the molecule is COc1ccccc1NC(=O)CN1C(=O)S/C(=C/c2cc(Br)c(OCc3ccc(Cl)cc3Cl)c(Br)c2)C1=O. The van der Waals surface area contributed by atoms with Gasteiger partial charge in [0.2, 0.25) is 5.91 Å². The van der Waals surface area contributed by atoms with Crippen molar-refractivity contribution in [3.05, 3.63) is 89.6 Å². The van der Waals surface area contributed by atoms with E-state index in [2.05, 4.69) is 37.2 Å². The zero-order valence-corrected chi connectivity index (χ0v) is 25.1. The molecule has 1 heterocycles. The van der Waals surface area contributed by atoms with Crippen molar-refractivity contribution in [2.24, 2.45) is 0 Å². The Morgan fingerprint density at radius 2 is 1.79 bits per heavy atom. The Morgan fingerprint density at radius 3 is 2.47 bits per heavy atom. The van der Waals surface area contributed by atoms with Crippen LogP contribution >= 0.6 is 66.8 Å². The van der Waals surface area contributed by atoms with Gasteiger partial charge in [0.25, 0.3) is 11.1 Å². The predicted octanol–water partition coefficient (Wildman–Crippen LogP) is 7.78. The van der Waals surface area contributed by atoms with Crippen molar-refractivity contribution in [1.82, 2.24) is 4.90 Å². The number of amides is 3. The molecule has 0 atom stereocenters. The van der Waals surface area contributed by atoms with Gasteiger partial charge in [-0.2, -0.15) is 0 Å². The molecule has 1 aliphatic heterocycles. The lowest BCUT2D eigenvalue weighted by atomic mass is 10.2. The predicted molar refractivity (Wildman–Crippen MR) is 157 cm³/mol. The fourth-order valence-electron chi connectivity index (χ4n) is 3.46. The van der Waals surface area contributed by atoms with E-state index in [9.17, 15) is 14.4 Å². The van der Waals surface area contributed by atoms with Crippen molar-refractivity contribution in [2.75, 3.05) is 19.0 Å². The zero-order chi connectivity index (χ0) is 27.4. The van der Waals surface area contributed by atoms with Gasteiger partial charge in [-0.05, 0) is 91.7 Å². The Balaban J connectivity index is 1.45. The minimum absolute atomic E-state index is 0.195. The van der Waals surface area contributed by atoms with Crippen LogP contribution in [0.15, 0.2) is 68.4 Å². The largest absolute Gasteiger partial charge is 0.495 e. The van der Waals surface area contributed by atoms with E-state index in [-0.39, 0.29) is 11.5 Å². The van der Waals surface area contributed by atoms with Gasteiger partial charge in [-0.3, -0.25) is 19.3 Å². The normalized spacial score (nSPS) is 14.2. The van der Waals surface area contributed by atoms with E-state index in [4.69, 9.17) is 32.7 Å². The Bertz CT molecular complexity index is 1440. The van der Waals surface area contributed by atoms with Crippen LogP contribution in [0.2, 0.25) is 10.0 Å². The van der Waals surface area contributed by atoms with Gasteiger partial charge in [0.1, 0.15) is 24.7 Å². The van der Waals surface area contributed by atoms with Gasteiger partial charge in [0.15, 0.2) is 0 Å². The highest BCUT2D eigenvalue weighted by Crippen LogP contribution is 2.38. The molecule has 3 aromatic rings. The molecule has 1 aliphatic rings. The summed E-state index contributed by atoms with van der Waals surface area (Å²) in [6.07, 6.45) is 1.58. The number of carbonyl (C=O) groups excluding carboxylic acids is 3. The summed E-state index contributed by atoms with van der Waals surface area (Å²) in [5.74, 6) is -0.0741. The molecule has 0 aliphatic carbocycles. The highest BCUT2D eigenvalue weighted by molar-refractivity contribution is 9.11. The van der Waals surface area contributed by atoms with Gasteiger partial charge >= 0.3 is 0 Å². The first kappa shape index (κ1) is 28.5. The second-order valence-corrected chi connectivity index (χ2v) is 11.4. The third-order valence-corrected chi connectivity index (χ3v) is 7.93. The third-order valence-electron chi connectivity index (χ3n) is 5.26. The Morgan fingerprint density at radius 1 is 1.08 bits per heavy atom. The van der Waals surface area contributed by atoms with Gasteiger partial charge in [-0.1, -0.05) is 41.4 Å². The van der Waals surface area contributed by atoms with E-state index in [0.29, 0.717) is 41.7 Å². The number of imide groups is 1. The van der Waals surface area contributed by atoms with Crippen molar-refractivity contribution >= 4 is 95.6 Å². The minimum atomic E-state index is -0.555. The molecule has 0 radical (unpaired) electrons. The highest BCUT2D eigenvalue weighted by atomic mass is 79.9. The number of anilines is 1. The maximum atomic E-state index is 12.9. The lowest BCUT2D eigenvalue weighted by Gasteiger charge is -2.14. The van der Waals surface area contributed by atoms with E-state index in [1.807, 2.05) is 0 Å². The first-order valence-electron chi connectivity index (χ1n) is 10.9. The van der Waals surface area contributed by atoms with Crippen LogP contribution in [0.5, 0.6) is 11.5 Å². The fourth-order valence-corrected chi connectivity index (χ4v) is 6.21. The first-order valence-corrected chi connectivity index (χ1v) is 14.1. The molecular formula is C26H18Br2Cl2N2O5S. The van der Waals surface area contributed by atoms with Gasteiger partial charge in [-0.25, -0.2) is 0 Å². The molecule has 196 valence electrons. The number of rotatable bonds is 8. The van der Waals surface area contributed by atoms with E-state index >= 15 is 0 Å². The summed E-state index contributed by atoms with van der Waals surface area (Å²) in [6.45, 7) is -0.212. The number of hydrogen-bond donors (Lipinski definition) is 1. The first-order chi connectivity index (χ1) is 18.2. The Hall–Kier alpha value is -2.50. The molecule has 7 nitrogen and oxygen atoms in total. The van der Waals surface area contributed by atoms with Crippen LogP contribution in [0.4, 0.5) is 10.5 Å². The average Bonchev–Trinajstić information content (AvgIpc) is 3.12. The lowest BCUT2D eigenvalue weighted by Crippen LogP contribution is -2.36. The molecule has 3 aromatic carbocycles. The molecule has 0 saturated carbocycles. The number of nitrogens with one attached hydrogen (secondary N) is 1. The van der Waals surface area contributed by atoms with Crippen molar-refractivity contribution in [3.8, 4) is 11.5 Å². The number of benzene rings is 3. The molecule has 1 fully saturated rings. The summed E-state index contributed by atoms with van der Waals surface area (Å²) in [5, 5.41) is 3.16. The van der Waals surface area contributed by atoms with Crippen LogP contribution in [0.1, 0.15) is 11.1 Å². The summed E-state index contributed by atoms with van der Waals surface area (Å²) in [7, 11) is 1.48. The molecule has 1 N–H and O–H groups in total. The maximum Gasteiger partial charge on any atom is 0.294 e. The maximum absolute atomic E-state index is 12.9. The molecule has 0 spiro atoms. The monoisotopic (exact) mass is 698 g/mol. The molecule has 4 rings (SSSR count). The third kappa shape index (κ3) is 6.73. The van der Waals surface area contributed by atoms with Crippen molar-refractivity contribution in [2.45, 2.75) is 6.61 Å². The van der Waals surface area contributed by atoms with Crippen LogP contribution in [0, 0.1) is 0 Å². The van der Waals surface area contributed by atoms with Crippen LogP contribution < -0.4 is 14.8 Å². The van der Waals surface area contributed by atoms with Crippen LogP contribution in [0.3, 0.4) is 0 Å². The van der Waals surface area contributed by atoms with E-state index in [0.717, 1.165) is 22.2 Å². The molecule has 0 unspecified atom stereocenters. The van der Waals surface area contributed by atoms with Crippen molar-refractivity contribution in [1.29, 1.82) is 0 Å². The second-order valence-electron chi connectivity index (χ2n) is 7.85. The fraction of sp³-hybridized carbons (Fsp3) is 0.115. The average molecular weight is 701 g/mol. The quantitative estimate of drug-likeness (QED) is 0.242. The van der Waals surface area contributed by atoms with Crippen LogP contribution in [-0.4, -0.2) is 35.6 Å². The summed E-state index contributed by atoms with van der Waals surface area (Å²) < 4.78 is 12.4. The molecule has 1 saturated heterocycles. The molecule has 12 heteroatoms. The van der Waals surface area contributed by atoms with E-state index in [1.165, 1.54) is 7.11 Å². The smallest absolute Gasteiger partial charge is 0.294 e. The molecule has 0 bridgehead atoms. The molecular weight excluding hydrogens is 683 g/mol. The molecule has 38 heavy (non-hydrogen) atoms. The number of halogens is 4. The van der Waals surface area contributed by atoms with Gasteiger partial charge in [0, 0.05) is 15.6 Å². The van der Waals surface area contributed by atoms with Gasteiger partial charge < -0.3 is 14.8 Å². The second kappa shape index (κ2) is 12.6. The summed E-state index contributed by atoms with van der Waals surface area (Å²) >= 11 is 19.9. The van der Waals surface area contributed by atoms with Crippen molar-refractivity contribution in [3.63, 3.8) is 0 Å². The van der Waals surface area contributed by atoms with Crippen LogP contribution in [-0.2, 0) is 16.2 Å². The number of nitrogens with zero attached hydrogens (tertiary/aromatic N) is 1. The number of carbonyl (C=O) groups is 3. The van der Waals surface area contributed by atoms with E-state index in [1.54, 1.807) is 60.7 Å². The number of thioether (sulfide) groups is 1. The number of para-hydroxylation sites is 2. The van der Waals surface area contributed by atoms with Gasteiger partial charge in [0.05, 0.1) is 26.6 Å². The number of ether oxygens (including phenoxy) is 2. The molecule has 0 aromatic heterocycles. The van der Waals surface area contributed by atoms with Crippen LogP contribution in [0.25, 0.3) is 6.08 Å². The lowest BCUT2D eigenvalue weighted by molar-refractivity contribution is -0.127. The summed E-state index contributed by atoms with van der Waals surface area (Å²) in [6, 6.07) is 15.5. The topological polar surface area (TPSA) is 84.9 Å². The summed E-state index contributed by atoms with van der Waals surface area (Å²) in [4.78, 5) is 39.1. The van der Waals surface area contributed by atoms with Crippen molar-refractivity contribution < 1.29 is 23.9 Å². The number of methoxy groups -OCH3 is 1.